The molecule has 0 radical (unpaired) electrons. The Morgan fingerprint density at radius 3 is 2.65 bits per heavy atom. The highest BCUT2D eigenvalue weighted by molar-refractivity contribution is 6.31. The number of benzene rings is 1. The molecule has 0 spiro atoms. The smallest absolute Gasteiger partial charge is 0.0471 e. The van der Waals surface area contributed by atoms with E-state index in [1.54, 1.807) is 0 Å². The van der Waals surface area contributed by atoms with Crippen molar-refractivity contribution in [1.82, 2.24) is 5.32 Å². The number of nitrogens with zero attached hydrogens (tertiary/aromatic N) is 1. The van der Waals surface area contributed by atoms with Crippen LogP contribution in [-0.4, -0.2) is 19.6 Å². The van der Waals surface area contributed by atoms with Crippen LogP contribution in [0.25, 0.3) is 0 Å². The summed E-state index contributed by atoms with van der Waals surface area (Å²) in [4.78, 5) is 2.49. The number of hydrogen-bond acceptors (Lipinski definition) is 2. The Kier molecular flexibility index (Phi) is 6.18. The quantitative estimate of drug-likeness (QED) is 0.676. The topological polar surface area (TPSA) is 15.3 Å². The molecule has 2 nitrogen and oxygen atoms in total. The van der Waals surface area contributed by atoms with E-state index < -0.39 is 0 Å². The molecule has 1 aliphatic rings. The third kappa shape index (κ3) is 4.68. The van der Waals surface area contributed by atoms with E-state index in [1.165, 1.54) is 37.1 Å². The van der Waals surface area contributed by atoms with Gasteiger partial charge in [-0.3, -0.25) is 0 Å². The first-order valence-corrected chi connectivity index (χ1v) is 8.36. The van der Waals surface area contributed by atoms with Gasteiger partial charge in [-0.05, 0) is 55.8 Å². The van der Waals surface area contributed by atoms with Crippen molar-refractivity contribution in [2.75, 3.05) is 24.5 Å². The lowest BCUT2D eigenvalue weighted by molar-refractivity contribution is 0.675. The van der Waals surface area contributed by atoms with Crippen LogP contribution in [0.2, 0.25) is 5.02 Å². The van der Waals surface area contributed by atoms with Gasteiger partial charge in [-0.15, -0.1) is 0 Å². The van der Waals surface area contributed by atoms with Crippen LogP contribution in [0.3, 0.4) is 0 Å². The van der Waals surface area contributed by atoms with E-state index >= 15 is 0 Å². The molecule has 0 aliphatic heterocycles. The first-order chi connectivity index (χ1) is 9.74. The van der Waals surface area contributed by atoms with E-state index in [9.17, 15) is 0 Å². The third-order valence-electron chi connectivity index (χ3n) is 3.81. The normalized spacial score (nSPS) is 14.6. The Labute approximate surface area is 128 Å². The van der Waals surface area contributed by atoms with E-state index in [2.05, 4.69) is 42.3 Å². The summed E-state index contributed by atoms with van der Waals surface area (Å²) in [5.74, 6) is 0.909. The molecule has 1 saturated carbocycles. The van der Waals surface area contributed by atoms with Gasteiger partial charge in [0.25, 0.3) is 0 Å². The number of halogens is 1. The minimum atomic E-state index is 0.864. The van der Waals surface area contributed by atoms with Crippen LogP contribution in [0.1, 0.15) is 45.1 Å². The minimum absolute atomic E-state index is 0.864. The summed E-state index contributed by atoms with van der Waals surface area (Å²) >= 11 is 6.44. The van der Waals surface area contributed by atoms with Gasteiger partial charge in [0, 0.05) is 30.3 Å². The first kappa shape index (κ1) is 15.7. The Bertz CT molecular complexity index is 415. The molecule has 0 amide bonds. The van der Waals surface area contributed by atoms with E-state index in [0.717, 1.165) is 37.0 Å². The van der Waals surface area contributed by atoms with Crippen LogP contribution in [0.5, 0.6) is 0 Å². The van der Waals surface area contributed by atoms with Gasteiger partial charge in [0.05, 0.1) is 0 Å². The Balaban J connectivity index is 2.00. The summed E-state index contributed by atoms with van der Waals surface area (Å²) in [6.07, 6.45) is 5.13. The van der Waals surface area contributed by atoms with Crippen molar-refractivity contribution in [2.45, 2.75) is 46.1 Å². The molecule has 0 unspecified atom stereocenters. The summed E-state index contributed by atoms with van der Waals surface area (Å²) in [5, 5.41) is 4.30. The van der Waals surface area contributed by atoms with Gasteiger partial charge in [0.2, 0.25) is 0 Å². The molecule has 2 rings (SSSR count). The summed E-state index contributed by atoms with van der Waals surface area (Å²) in [5.41, 5.74) is 2.48. The van der Waals surface area contributed by atoms with Crippen LogP contribution in [0.15, 0.2) is 18.2 Å². The molecule has 112 valence electrons. The zero-order valence-electron chi connectivity index (χ0n) is 12.8. The van der Waals surface area contributed by atoms with Crippen molar-refractivity contribution in [3.05, 3.63) is 28.8 Å². The van der Waals surface area contributed by atoms with Crippen molar-refractivity contribution >= 4 is 17.3 Å². The molecule has 1 aliphatic carbocycles. The lowest BCUT2D eigenvalue weighted by atomic mass is 10.1. The maximum atomic E-state index is 6.44. The average molecular weight is 295 g/mol. The third-order valence-corrected chi connectivity index (χ3v) is 4.16. The highest BCUT2D eigenvalue weighted by Crippen LogP contribution is 2.32. The Morgan fingerprint density at radius 1 is 1.25 bits per heavy atom. The monoisotopic (exact) mass is 294 g/mol. The molecule has 1 aromatic rings. The molecule has 3 heteroatoms. The second-order valence-corrected chi connectivity index (χ2v) is 6.25. The Hall–Kier alpha value is -0.730. The number of rotatable bonds is 9. The lowest BCUT2D eigenvalue weighted by Crippen LogP contribution is -2.26. The van der Waals surface area contributed by atoms with Gasteiger partial charge in [-0.1, -0.05) is 31.5 Å². The van der Waals surface area contributed by atoms with Gasteiger partial charge in [-0.25, -0.2) is 0 Å². The average Bonchev–Trinajstić information content (AvgIpc) is 3.24. The molecule has 0 aromatic heterocycles. The van der Waals surface area contributed by atoms with Gasteiger partial charge in [0.1, 0.15) is 0 Å². The number of hydrogen-bond donors (Lipinski definition) is 1. The van der Waals surface area contributed by atoms with Crippen LogP contribution in [0.4, 0.5) is 5.69 Å². The number of anilines is 1. The van der Waals surface area contributed by atoms with Gasteiger partial charge < -0.3 is 10.2 Å². The second-order valence-electron chi connectivity index (χ2n) is 5.84. The van der Waals surface area contributed by atoms with E-state index in [1.807, 2.05) is 0 Å². The van der Waals surface area contributed by atoms with Gasteiger partial charge in [0.15, 0.2) is 0 Å². The summed E-state index contributed by atoms with van der Waals surface area (Å²) in [7, 11) is 0. The van der Waals surface area contributed by atoms with Crippen molar-refractivity contribution in [1.29, 1.82) is 0 Å². The Morgan fingerprint density at radius 2 is 2.05 bits per heavy atom. The summed E-state index contributed by atoms with van der Waals surface area (Å²) in [6.45, 7) is 8.64. The predicted octanol–water partition coefficient (Wildman–Crippen LogP) is 4.47. The zero-order valence-corrected chi connectivity index (χ0v) is 13.5. The molecular formula is C17H27ClN2. The SMILES string of the molecule is CCCNCc1ccc(N(CCC)CC2CC2)cc1Cl. The molecule has 0 bridgehead atoms. The van der Waals surface area contributed by atoms with E-state index in [4.69, 9.17) is 11.6 Å². The van der Waals surface area contributed by atoms with E-state index in [0.29, 0.717) is 0 Å². The molecule has 1 aromatic carbocycles. The first-order valence-electron chi connectivity index (χ1n) is 7.98. The maximum absolute atomic E-state index is 6.44. The lowest BCUT2D eigenvalue weighted by Gasteiger charge is -2.25. The second kappa shape index (κ2) is 7.90. The van der Waals surface area contributed by atoms with E-state index in [-0.39, 0.29) is 0 Å². The molecule has 0 saturated heterocycles. The van der Waals surface area contributed by atoms with Crippen LogP contribution in [0, 0.1) is 5.92 Å². The fourth-order valence-corrected chi connectivity index (χ4v) is 2.73. The summed E-state index contributed by atoms with van der Waals surface area (Å²) < 4.78 is 0. The fraction of sp³-hybridized carbons (Fsp3) is 0.647. The van der Waals surface area contributed by atoms with Gasteiger partial charge in [-0.2, -0.15) is 0 Å². The molecule has 1 fully saturated rings. The molecule has 20 heavy (non-hydrogen) atoms. The molecule has 0 heterocycles. The molecule has 0 atom stereocenters. The number of nitrogens with one attached hydrogen (secondary N) is 1. The maximum Gasteiger partial charge on any atom is 0.0471 e. The van der Waals surface area contributed by atoms with Crippen LogP contribution < -0.4 is 10.2 Å². The predicted molar refractivity (Wildman–Crippen MR) is 88.7 cm³/mol. The van der Waals surface area contributed by atoms with Gasteiger partial charge >= 0.3 is 0 Å². The molecular weight excluding hydrogens is 268 g/mol. The standard InChI is InChI=1S/C17H27ClN2/c1-3-9-19-12-15-7-8-16(11-17(15)18)20(10-4-2)13-14-5-6-14/h7-8,11,14,19H,3-6,9-10,12-13H2,1-2H3. The fourth-order valence-electron chi connectivity index (χ4n) is 2.48. The minimum Gasteiger partial charge on any atom is -0.371 e. The zero-order chi connectivity index (χ0) is 14.4. The van der Waals surface area contributed by atoms with Crippen molar-refractivity contribution < 1.29 is 0 Å². The van der Waals surface area contributed by atoms with Crippen LogP contribution >= 0.6 is 11.6 Å². The van der Waals surface area contributed by atoms with Crippen LogP contribution in [-0.2, 0) is 6.54 Å². The summed E-state index contributed by atoms with van der Waals surface area (Å²) in [6, 6.07) is 6.55. The van der Waals surface area contributed by atoms with Crippen molar-refractivity contribution in [3.63, 3.8) is 0 Å². The molecule has 1 N–H and O–H groups in total. The van der Waals surface area contributed by atoms with Crippen molar-refractivity contribution in [2.24, 2.45) is 5.92 Å². The highest BCUT2D eigenvalue weighted by Gasteiger charge is 2.24. The highest BCUT2D eigenvalue weighted by atomic mass is 35.5. The van der Waals surface area contributed by atoms with Crippen molar-refractivity contribution in [3.8, 4) is 0 Å². The largest absolute Gasteiger partial charge is 0.371 e.